The SMILES string of the molecule is C=C/C(C)=C(\C=C/C)CCc1ccccc1CC.CCC. The van der Waals surface area contributed by atoms with Crippen LogP contribution in [0.1, 0.15) is 58.6 Å². The average Bonchev–Trinajstić information content (AvgIpc) is 2.51. The lowest BCUT2D eigenvalue weighted by Crippen LogP contribution is -1.94. The van der Waals surface area contributed by atoms with Crippen molar-refractivity contribution in [3.8, 4) is 0 Å². The second-order valence-corrected chi connectivity index (χ2v) is 5.24. The molecular weight excluding hydrogens is 252 g/mol. The molecular formula is C21H32. The van der Waals surface area contributed by atoms with Gasteiger partial charge in [-0.1, -0.05) is 76.3 Å². The number of hydrogen-bond acceptors (Lipinski definition) is 0. The van der Waals surface area contributed by atoms with Crippen molar-refractivity contribution >= 4 is 0 Å². The monoisotopic (exact) mass is 284 g/mol. The first-order valence-corrected chi connectivity index (χ1v) is 8.16. The van der Waals surface area contributed by atoms with Crippen molar-refractivity contribution < 1.29 is 0 Å². The van der Waals surface area contributed by atoms with E-state index in [0.717, 1.165) is 19.3 Å². The molecule has 0 fully saturated rings. The molecule has 0 radical (unpaired) electrons. The first-order valence-electron chi connectivity index (χ1n) is 8.16. The maximum atomic E-state index is 3.86. The van der Waals surface area contributed by atoms with Crippen molar-refractivity contribution in [2.75, 3.05) is 0 Å². The summed E-state index contributed by atoms with van der Waals surface area (Å²) >= 11 is 0. The van der Waals surface area contributed by atoms with Crippen LogP contribution in [0.25, 0.3) is 0 Å². The second kappa shape index (κ2) is 12.2. The van der Waals surface area contributed by atoms with Gasteiger partial charge in [0, 0.05) is 0 Å². The highest BCUT2D eigenvalue weighted by atomic mass is 14.1. The van der Waals surface area contributed by atoms with Gasteiger partial charge < -0.3 is 0 Å². The molecule has 21 heavy (non-hydrogen) atoms. The van der Waals surface area contributed by atoms with Crippen molar-refractivity contribution in [2.45, 2.75) is 60.3 Å². The first kappa shape index (κ1) is 19.4. The van der Waals surface area contributed by atoms with E-state index in [1.165, 1.54) is 28.7 Å². The summed E-state index contributed by atoms with van der Waals surface area (Å²) in [6.45, 7) is 14.5. The van der Waals surface area contributed by atoms with Crippen molar-refractivity contribution in [1.82, 2.24) is 0 Å². The van der Waals surface area contributed by atoms with E-state index in [1.54, 1.807) is 0 Å². The van der Waals surface area contributed by atoms with E-state index >= 15 is 0 Å². The minimum absolute atomic E-state index is 1.08. The highest BCUT2D eigenvalue weighted by Gasteiger charge is 2.02. The van der Waals surface area contributed by atoms with Gasteiger partial charge in [0.1, 0.15) is 0 Å². The predicted molar refractivity (Wildman–Crippen MR) is 97.8 cm³/mol. The molecule has 0 unspecified atom stereocenters. The maximum absolute atomic E-state index is 3.86. The van der Waals surface area contributed by atoms with Gasteiger partial charge in [0.15, 0.2) is 0 Å². The van der Waals surface area contributed by atoms with E-state index in [2.05, 4.69) is 77.6 Å². The Bertz CT molecular complexity index is 461. The number of allylic oxidation sites excluding steroid dienone is 5. The molecule has 0 aromatic heterocycles. The molecule has 0 N–H and O–H groups in total. The minimum atomic E-state index is 1.08. The Hall–Kier alpha value is -1.56. The van der Waals surface area contributed by atoms with Gasteiger partial charge in [0.05, 0.1) is 0 Å². The van der Waals surface area contributed by atoms with Crippen LogP contribution in [0.4, 0.5) is 0 Å². The summed E-state index contributed by atoms with van der Waals surface area (Å²) in [4.78, 5) is 0. The third kappa shape index (κ3) is 7.70. The van der Waals surface area contributed by atoms with Crippen LogP contribution in [-0.2, 0) is 12.8 Å². The number of benzene rings is 1. The van der Waals surface area contributed by atoms with Gasteiger partial charge in [-0.05, 0) is 55.4 Å². The summed E-state index contributed by atoms with van der Waals surface area (Å²) in [5, 5.41) is 0. The first-order chi connectivity index (χ1) is 10.1. The molecule has 0 heterocycles. The molecule has 0 spiro atoms. The fourth-order valence-corrected chi connectivity index (χ4v) is 2.16. The third-order valence-electron chi connectivity index (χ3n) is 3.34. The smallest absolute Gasteiger partial charge is 0.0235 e. The number of hydrogen-bond donors (Lipinski definition) is 0. The summed E-state index contributed by atoms with van der Waals surface area (Å²) in [7, 11) is 0. The third-order valence-corrected chi connectivity index (χ3v) is 3.34. The van der Waals surface area contributed by atoms with Gasteiger partial charge >= 0.3 is 0 Å². The molecule has 0 saturated heterocycles. The lowest BCUT2D eigenvalue weighted by atomic mass is 9.96. The molecule has 0 amide bonds. The van der Waals surface area contributed by atoms with Gasteiger partial charge in [0.2, 0.25) is 0 Å². The van der Waals surface area contributed by atoms with E-state index in [4.69, 9.17) is 0 Å². The highest BCUT2D eigenvalue weighted by Crippen LogP contribution is 2.18. The second-order valence-electron chi connectivity index (χ2n) is 5.24. The van der Waals surface area contributed by atoms with E-state index in [9.17, 15) is 0 Å². The van der Waals surface area contributed by atoms with E-state index in [1.807, 2.05) is 6.08 Å². The Balaban J connectivity index is 0.00000122. The fourth-order valence-electron chi connectivity index (χ4n) is 2.16. The standard InChI is InChI=1S/C18H24.C3H8/c1-5-10-17(15(4)6-2)13-14-18-12-9-8-11-16(18)7-3;1-3-2/h5-6,8-12H,2,7,13-14H2,1,3-4H3;3H2,1-2H3/b10-5-,17-15+;. The number of aryl methyl sites for hydroxylation is 2. The van der Waals surface area contributed by atoms with Gasteiger partial charge in [-0.2, -0.15) is 0 Å². The Labute approximate surface area is 132 Å². The van der Waals surface area contributed by atoms with E-state index in [0.29, 0.717) is 0 Å². The lowest BCUT2D eigenvalue weighted by molar-refractivity contribution is 0.927. The van der Waals surface area contributed by atoms with Crippen molar-refractivity contribution in [1.29, 1.82) is 0 Å². The number of rotatable bonds is 6. The zero-order chi connectivity index (χ0) is 16.1. The van der Waals surface area contributed by atoms with Gasteiger partial charge in [-0.25, -0.2) is 0 Å². The highest BCUT2D eigenvalue weighted by molar-refractivity contribution is 5.33. The van der Waals surface area contributed by atoms with Crippen molar-refractivity contribution in [3.05, 3.63) is 71.3 Å². The van der Waals surface area contributed by atoms with Crippen molar-refractivity contribution in [3.63, 3.8) is 0 Å². The largest absolute Gasteiger partial charge is 0.0988 e. The van der Waals surface area contributed by atoms with E-state index < -0.39 is 0 Å². The van der Waals surface area contributed by atoms with Crippen LogP contribution >= 0.6 is 0 Å². The molecule has 0 aliphatic rings. The molecule has 1 aromatic carbocycles. The minimum Gasteiger partial charge on any atom is -0.0988 e. The molecule has 0 saturated carbocycles. The zero-order valence-electron chi connectivity index (χ0n) is 14.6. The van der Waals surface area contributed by atoms with Crippen LogP contribution in [-0.4, -0.2) is 0 Å². The summed E-state index contributed by atoms with van der Waals surface area (Å²) in [5.41, 5.74) is 5.60. The van der Waals surface area contributed by atoms with Crippen LogP contribution in [0.3, 0.4) is 0 Å². The van der Waals surface area contributed by atoms with Crippen molar-refractivity contribution in [2.24, 2.45) is 0 Å². The summed E-state index contributed by atoms with van der Waals surface area (Å²) < 4.78 is 0. The molecule has 116 valence electrons. The topological polar surface area (TPSA) is 0 Å². The van der Waals surface area contributed by atoms with Crippen LogP contribution in [0.2, 0.25) is 0 Å². The lowest BCUT2D eigenvalue weighted by Gasteiger charge is -2.09. The van der Waals surface area contributed by atoms with Crippen LogP contribution < -0.4 is 0 Å². The maximum Gasteiger partial charge on any atom is -0.0235 e. The molecule has 0 heteroatoms. The Morgan fingerprint density at radius 2 is 1.67 bits per heavy atom. The molecule has 1 aromatic rings. The van der Waals surface area contributed by atoms with Crippen LogP contribution in [0, 0.1) is 0 Å². The summed E-state index contributed by atoms with van der Waals surface area (Å²) in [5.74, 6) is 0. The van der Waals surface area contributed by atoms with Crippen LogP contribution in [0.5, 0.6) is 0 Å². The zero-order valence-corrected chi connectivity index (χ0v) is 14.6. The Kier molecular flexibility index (Phi) is 11.3. The normalized spacial score (nSPS) is 11.7. The molecule has 0 atom stereocenters. The fraction of sp³-hybridized carbons (Fsp3) is 0.429. The van der Waals surface area contributed by atoms with Gasteiger partial charge in [0.25, 0.3) is 0 Å². The molecule has 1 rings (SSSR count). The van der Waals surface area contributed by atoms with Crippen LogP contribution in [0.15, 0.2) is 60.2 Å². The quantitative estimate of drug-likeness (QED) is 0.511. The van der Waals surface area contributed by atoms with Gasteiger partial charge in [-0.3, -0.25) is 0 Å². The average molecular weight is 284 g/mol. The summed E-state index contributed by atoms with van der Waals surface area (Å²) in [6.07, 6.45) is 10.8. The molecule has 0 aliphatic carbocycles. The van der Waals surface area contributed by atoms with Gasteiger partial charge in [-0.15, -0.1) is 0 Å². The molecule has 0 nitrogen and oxygen atoms in total. The summed E-state index contributed by atoms with van der Waals surface area (Å²) in [6, 6.07) is 8.73. The van der Waals surface area contributed by atoms with E-state index in [-0.39, 0.29) is 0 Å². The Morgan fingerprint density at radius 1 is 1.10 bits per heavy atom. The molecule has 0 aliphatic heterocycles. The predicted octanol–water partition coefficient (Wildman–Crippen LogP) is 6.68. The molecule has 0 bridgehead atoms. The Morgan fingerprint density at radius 3 is 2.14 bits per heavy atom.